The molecular formula is C22H23ClN4O2S. The summed E-state index contributed by atoms with van der Waals surface area (Å²) in [6.45, 7) is 4.00. The number of hydrogen-bond acceptors (Lipinski definition) is 6. The van der Waals surface area contributed by atoms with E-state index < -0.39 is 0 Å². The molecule has 2 heterocycles. The lowest BCUT2D eigenvalue weighted by Crippen LogP contribution is -2.30. The van der Waals surface area contributed by atoms with Crippen molar-refractivity contribution in [3.8, 4) is 11.5 Å². The zero-order chi connectivity index (χ0) is 20.9. The zero-order valence-electron chi connectivity index (χ0n) is 16.7. The standard InChI is InChI=1S/C22H23ClN4O2S/c1-15-5-7-16(8-6-15)21-25-26-22(29-21)30-14-20(28)24-18-13-17(23)9-10-19(18)27-11-3-2-4-12-27/h5-10,13H,2-4,11-12,14H2,1H3,(H,24,28). The Balaban J connectivity index is 1.38. The summed E-state index contributed by atoms with van der Waals surface area (Å²) in [6.07, 6.45) is 3.57. The highest BCUT2D eigenvalue weighted by atomic mass is 35.5. The molecule has 0 aliphatic carbocycles. The van der Waals surface area contributed by atoms with Gasteiger partial charge in [-0.3, -0.25) is 4.79 Å². The topological polar surface area (TPSA) is 71.3 Å². The molecule has 0 saturated carbocycles. The highest BCUT2D eigenvalue weighted by Gasteiger charge is 2.17. The number of benzene rings is 2. The van der Waals surface area contributed by atoms with Crippen LogP contribution < -0.4 is 10.2 Å². The van der Waals surface area contributed by atoms with Crippen LogP contribution in [-0.4, -0.2) is 34.9 Å². The van der Waals surface area contributed by atoms with Crippen LogP contribution in [0.25, 0.3) is 11.5 Å². The highest BCUT2D eigenvalue weighted by molar-refractivity contribution is 7.99. The molecule has 1 amide bonds. The molecule has 1 saturated heterocycles. The maximum atomic E-state index is 12.6. The molecule has 2 aromatic carbocycles. The number of thioether (sulfide) groups is 1. The third-order valence-corrected chi connectivity index (χ3v) is 6.01. The van der Waals surface area contributed by atoms with Gasteiger partial charge in [-0.2, -0.15) is 0 Å². The number of carbonyl (C=O) groups is 1. The van der Waals surface area contributed by atoms with Gasteiger partial charge in [0.15, 0.2) is 0 Å². The molecule has 1 aliphatic rings. The Hall–Kier alpha value is -2.51. The number of nitrogens with one attached hydrogen (secondary N) is 1. The van der Waals surface area contributed by atoms with Crippen molar-refractivity contribution in [2.45, 2.75) is 31.4 Å². The van der Waals surface area contributed by atoms with Gasteiger partial charge in [0.05, 0.1) is 17.1 Å². The fourth-order valence-corrected chi connectivity index (χ4v) is 4.15. The molecule has 0 unspecified atom stereocenters. The molecule has 1 N–H and O–H groups in total. The number of anilines is 2. The number of hydrogen-bond donors (Lipinski definition) is 1. The van der Waals surface area contributed by atoms with Crippen LogP contribution in [-0.2, 0) is 4.79 Å². The van der Waals surface area contributed by atoms with Gasteiger partial charge in [0, 0.05) is 23.7 Å². The van der Waals surface area contributed by atoms with Crippen molar-refractivity contribution in [1.82, 2.24) is 10.2 Å². The molecule has 1 fully saturated rings. The van der Waals surface area contributed by atoms with Crippen LogP contribution in [0.3, 0.4) is 0 Å². The zero-order valence-corrected chi connectivity index (χ0v) is 18.3. The highest BCUT2D eigenvalue weighted by Crippen LogP contribution is 2.31. The van der Waals surface area contributed by atoms with Gasteiger partial charge in [0.1, 0.15) is 0 Å². The summed E-state index contributed by atoms with van der Waals surface area (Å²) in [5.41, 5.74) is 3.77. The first-order valence-corrected chi connectivity index (χ1v) is 11.3. The van der Waals surface area contributed by atoms with E-state index in [9.17, 15) is 4.79 Å². The second-order valence-electron chi connectivity index (χ2n) is 7.29. The molecule has 156 valence electrons. The normalized spacial score (nSPS) is 14.0. The maximum absolute atomic E-state index is 12.6. The minimum absolute atomic E-state index is 0.143. The third kappa shape index (κ3) is 5.15. The summed E-state index contributed by atoms with van der Waals surface area (Å²) in [5.74, 6) is 0.470. The SMILES string of the molecule is Cc1ccc(-c2nnc(SCC(=O)Nc3cc(Cl)ccc3N3CCCCC3)o2)cc1. The van der Waals surface area contributed by atoms with Crippen LogP contribution in [0, 0.1) is 6.92 Å². The monoisotopic (exact) mass is 442 g/mol. The molecule has 1 aromatic heterocycles. The molecule has 3 aromatic rings. The first-order valence-electron chi connectivity index (χ1n) is 9.96. The average Bonchev–Trinajstić information content (AvgIpc) is 3.23. The van der Waals surface area contributed by atoms with E-state index in [0.717, 1.165) is 48.4 Å². The second-order valence-corrected chi connectivity index (χ2v) is 8.65. The van der Waals surface area contributed by atoms with Crippen LogP contribution in [0.4, 0.5) is 11.4 Å². The molecule has 8 heteroatoms. The second kappa shape index (κ2) is 9.53. The van der Waals surface area contributed by atoms with E-state index >= 15 is 0 Å². The van der Waals surface area contributed by atoms with Crippen molar-refractivity contribution in [2.24, 2.45) is 0 Å². The lowest BCUT2D eigenvalue weighted by atomic mass is 10.1. The lowest BCUT2D eigenvalue weighted by Gasteiger charge is -2.30. The van der Waals surface area contributed by atoms with E-state index in [-0.39, 0.29) is 11.7 Å². The van der Waals surface area contributed by atoms with Gasteiger partial charge in [-0.1, -0.05) is 41.1 Å². The van der Waals surface area contributed by atoms with Gasteiger partial charge in [0.25, 0.3) is 5.22 Å². The largest absolute Gasteiger partial charge is 0.411 e. The summed E-state index contributed by atoms with van der Waals surface area (Å²) < 4.78 is 5.68. The fourth-order valence-electron chi connectivity index (χ4n) is 3.41. The molecule has 0 radical (unpaired) electrons. The van der Waals surface area contributed by atoms with Gasteiger partial charge in [-0.25, -0.2) is 0 Å². The van der Waals surface area contributed by atoms with Crippen LogP contribution >= 0.6 is 23.4 Å². The van der Waals surface area contributed by atoms with Gasteiger partial charge in [-0.05, 0) is 56.5 Å². The first kappa shape index (κ1) is 20.8. The predicted molar refractivity (Wildman–Crippen MR) is 121 cm³/mol. The van der Waals surface area contributed by atoms with Gasteiger partial charge in [-0.15, -0.1) is 10.2 Å². The summed E-state index contributed by atoms with van der Waals surface area (Å²) in [6, 6.07) is 13.5. The summed E-state index contributed by atoms with van der Waals surface area (Å²) in [5, 5.41) is 12.1. The van der Waals surface area contributed by atoms with Crippen molar-refractivity contribution in [2.75, 3.05) is 29.1 Å². The summed E-state index contributed by atoms with van der Waals surface area (Å²) in [7, 11) is 0. The molecule has 6 nitrogen and oxygen atoms in total. The van der Waals surface area contributed by atoms with Crippen LogP contribution in [0.1, 0.15) is 24.8 Å². The molecule has 30 heavy (non-hydrogen) atoms. The minimum Gasteiger partial charge on any atom is -0.411 e. The number of aryl methyl sites for hydroxylation is 1. The number of carbonyl (C=O) groups excluding carboxylic acids is 1. The van der Waals surface area contributed by atoms with Crippen molar-refractivity contribution in [1.29, 1.82) is 0 Å². The molecule has 4 rings (SSSR count). The number of aromatic nitrogens is 2. The Morgan fingerprint density at radius 1 is 1.13 bits per heavy atom. The van der Waals surface area contributed by atoms with Crippen molar-refractivity contribution in [3.05, 3.63) is 53.1 Å². The Morgan fingerprint density at radius 3 is 2.67 bits per heavy atom. The maximum Gasteiger partial charge on any atom is 0.277 e. The first-order chi connectivity index (χ1) is 14.6. The van der Waals surface area contributed by atoms with Gasteiger partial charge in [0.2, 0.25) is 11.8 Å². The number of nitrogens with zero attached hydrogens (tertiary/aromatic N) is 3. The van der Waals surface area contributed by atoms with Crippen molar-refractivity contribution >= 4 is 40.6 Å². The predicted octanol–water partition coefficient (Wildman–Crippen LogP) is 5.42. The summed E-state index contributed by atoms with van der Waals surface area (Å²) in [4.78, 5) is 14.9. The molecule has 0 bridgehead atoms. The number of halogens is 1. The van der Waals surface area contributed by atoms with Crippen LogP contribution in [0.15, 0.2) is 52.1 Å². The number of amides is 1. The van der Waals surface area contributed by atoms with Crippen molar-refractivity contribution < 1.29 is 9.21 Å². The van der Waals surface area contributed by atoms with Gasteiger partial charge < -0.3 is 14.6 Å². The molecular weight excluding hydrogens is 420 g/mol. The average molecular weight is 443 g/mol. The Labute approximate surface area is 185 Å². The minimum atomic E-state index is -0.143. The van der Waals surface area contributed by atoms with E-state index in [1.165, 1.54) is 18.2 Å². The van der Waals surface area contributed by atoms with Crippen LogP contribution in [0.2, 0.25) is 5.02 Å². The third-order valence-electron chi connectivity index (χ3n) is 4.96. The summed E-state index contributed by atoms with van der Waals surface area (Å²) >= 11 is 7.39. The van der Waals surface area contributed by atoms with E-state index in [0.29, 0.717) is 16.1 Å². The smallest absolute Gasteiger partial charge is 0.277 e. The molecule has 0 spiro atoms. The number of rotatable bonds is 6. The Morgan fingerprint density at radius 2 is 1.90 bits per heavy atom. The quantitative estimate of drug-likeness (QED) is 0.514. The fraction of sp³-hybridized carbons (Fsp3) is 0.318. The number of piperidine rings is 1. The van der Waals surface area contributed by atoms with Crippen molar-refractivity contribution in [3.63, 3.8) is 0 Å². The van der Waals surface area contributed by atoms with E-state index in [1.54, 1.807) is 6.07 Å². The van der Waals surface area contributed by atoms with E-state index in [1.807, 2.05) is 43.3 Å². The molecule has 1 aliphatic heterocycles. The van der Waals surface area contributed by atoms with Gasteiger partial charge >= 0.3 is 0 Å². The van der Waals surface area contributed by atoms with E-state index in [4.69, 9.17) is 16.0 Å². The molecule has 0 atom stereocenters. The Bertz CT molecular complexity index is 1020. The van der Waals surface area contributed by atoms with E-state index in [2.05, 4.69) is 20.4 Å². The lowest BCUT2D eigenvalue weighted by molar-refractivity contribution is -0.113. The Kier molecular flexibility index (Phi) is 6.59. The van der Waals surface area contributed by atoms with Crippen LogP contribution in [0.5, 0.6) is 0 Å².